The minimum absolute atomic E-state index is 0.0926. The van der Waals surface area contributed by atoms with Crippen LogP contribution in [0.1, 0.15) is 26.7 Å². The van der Waals surface area contributed by atoms with Gasteiger partial charge in [0.2, 0.25) is 0 Å². The van der Waals surface area contributed by atoms with E-state index in [2.05, 4.69) is 0 Å². The lowest BCUT2D eigenvalue weighted by Gasteiger charge is -2.38. The first kappa shape index (κ1) is 8.35. The van der Waals surface area contributed by atoms with Crippen LogP contribution in [0.2, 0.25) is 0 Å². The normalized spacial score (nSPS) is 11.2. The van der Waals surface area contributed by atoms with Crippen molar-refractivity contribution in [2.45, 2.75) is 32.3 Å². The van der Waals surface area contributed by atoms with E-state index in [4.69, 9.17) is 0 Å². The smallest absolute Gasteiger partial charge is 0.0511 e. The summed E-state index contributed by atoms with van der Waals surface area (Å²) in [6.07, 6.45) is 1.49. The van der Waals surface area contributed by atoms with Gasteiger partial charge in [0, 0.05) is 0 Å². The highest BCUT2D eigenvalue weighted by atomic mass is 31.2. The van der Waals surface area contributed by atoms with Gasteiger partial charge in [-0.15, -0.1) is 0 Å². The third-order valence-electron chi connectivity index (χ3n) is 1.24. The van der Waals surface area contributed by atoms with Crippen molar-refractivity contribution in [2.24, 2.45) is 0 Å². The van der Waals surface area contributed by atoms with E-state index in [-0.39, 0.29) is 5.66 Å². The van der Waals surface area contributed by atoms with Gasteiger partial charge >= 0.3 is 0 Å². The van der Waals surface area contributed by atoms with Crippen molar-refractivity contribution in [1.82, 2.24) is 0 Å². The zero-order chi connectivity index (χ0) is 6.57. The number of hydrogen-bond donors (Lipinski definition) is 0. The van der Waals surface area contributed by atoms with Gasteiger partial charge in [0.25, 0.3) is 0 Å². The maximum atomic E-state index is 10.2. The molecule has 0 unspecified atom stereocenters. The molecule has 0 saturated heterocycles. The van der Waals surface area contributed by atoms with Crippen LogP contribution in [0.3, 0.4) is 0 Å². The van der Waals surface area contributed by atoms with Crippen molar-refractivity contribution < 1.29 is 9.79 Å². The predicted octanol–water partition coefficient (Wildman–Crippen LogP) is 0.207. The fourth-order valence-corrected chi connectivity index (χ4v) is 1.18. The maximum absolute atomic E-state index is 10.2. The molecule has 0 fully saturated rings. The van der Waals surface area contributed by atoms with Gasteiger partial charge in [-0.25, -0.2) is 0 Å². The second-order valence-corrected chi connectivity index (χ2v) is 3.06. The van der Waals surface area contributed by atoms with Crippen molar-refractivity contribution in [3.8, 4) is 0 Å². The van der Waals surface area contributed by atoms with Crippen LogP contribution in [-0.4, -0.2) is 5.66 Å². The Labute approximate surface area is 51.5 Å². The van der Waals surface area contributed by atoms with E-state index in [9.17, 15) is 9.79 Å². The fraction of sp³-hybridized carbons (Fsp3) is 1.00. The Balaban J connectivity index is 3.35. The van der Waals surface area contributed by atoms with Gasteiger partial charge in [-0.05, 0) is 0 Å². The van der Waals surface area contributed by atoms with Gasteiger partial charge in [-0.3, -0.25) is 0 Å². The van der Waals surface area contributed by atoms with E-state index in [1.807, 2.05) is 13.8 Å². The molecule has 0 rings (SSSR count). The van der Waals surface area contributed by atoms with Crippen molar-refractivity contribution in [2.75, 3.05) is 0 Å². The maximum Gasteiger partial charge on any atom is -0.0511 e. The van der Waals surface area contributed by atoms with Crippen molar-refractivity contribution in [3.63, 3.8) is 0 Å². The van der Waals surface area contributed by atoms with Gasteiger partial charge in [0.1, 0.15) is 0 Å². The highest BCUT2D eigenvalue weighted by Crippen LogP contribution is 2.26. The van der Waals surface area contributed by atoms with Gasteiger partial charge < -0.3 is 18.2 Å². The monoisotopic (exact) mass is 134 g/mol. The second-order valence-electron chi connectivity index (χ2n) is 1.76. The summed E-state index contributed by atoms with van der Waals surface area (Å²) in [5.41, 5.74) is -0.0926. The van der Waals surface area contributed by atoms with Crippen LogP contribution in [-0.2, 0) is 0 Å². The Morgan fingerprint density at radius 2 is 1.62 bits per heavy atom. The number of rotatable bonds is 3. The van der Waals surface area contributed by atoms with E-state index < -0.39 is 8.38 Å². The minimum Gasteiger partial charge on any atom is -0.841 e. The zero-order valence-corrected chi connectivity index (χ0v) is 6.15. The van der Waals surface area contributed by atoms with Crippen LogP contribution >= 0.6 is 8.38 Å². The van der Waals surface area contributed by atoms with Gasteiger partial charge in [0.15, 0.2) is 0 Å². The largest absolute Gasteiger partial charge is 0.841 e. The van der Waals surface area contributed by atoms with Crippen LogP contribution in [0, 0.1) is 0 Å². The molecule has 0 amide bonds. The fourth-order valence-electron chi connectivity index (χ4n) is 0.587. The summed E-state index contributed by atoms with van der Waals surface area (Å²) >= 11 is 0. The third kappa shape index (κ3) is 2.61. The van der Waals surface area contributed by atoms with Gasteiger partial charge in [-0.2, -0.15) is 0 Å². The molecule has 0 aliphatic rings. The molecule has 0 heterocycles. The SMILES string of the molecule is CCC(CC)P([O-])[O-]. The van der Waals surface area contributed by atoms with Gasteiger partial charge in [-0.1, -0.05) is 32.3 Å². The summed E-state index contributed by atoms with van der Waals surface area (Å²) in [6.45, 7) is 3.78. The lowest BCUT2D eigenvalue weighted by Crippen LogP contribution is -2.19. The van der Waals surface area contributed by atoms with Crippen LogP contribution in [0.4, 0.5) is 0 Å². The van der Waals surface area contributed by atoms with E-state index in [1.165, 1.54) is 0 Å². The molecule has 3 heteroatoms. The van der Waals surface area contributed by atoms with Crippen molar-refractivity contribution >= 4 is 8.38 Å². The standard InChI is InChI=1S/C5H11O2P/c1-3-5(4-2)8(6)7/h5H,3-4H2,1-2H3/q-2. The Morgan fingerprint density at radius 1 is 1.25 bits per heavy atom. The molecule has 0 N–H and O–H groups in total. The first-order valence-electron chi connectivity index (χ1n) is 2.85. The highest BCUT2D eigenvalue weighted by Gasteiger charge is 1.94. The molecule has 50 valence electrons. The molecule has 0 aromatic heterocycles. The van der Waals surface area contributed by atoms with Crippen molar-refractivity contribution in [3.05, 3.63) is 0 Å². The summed E-state index contributed by atoms with van der Waals surface area (Å²) in [5, 5.41) is 0. The Hall–Kier alpha value is 0.350. The molecule has 0 atom stereocenters. The predicted molar refractivity (Wildman–Crippen MR) is 31.3 cm³/mol. The molecule has 0 saturated carbocycles. The molecule has 0 radical (unpaired) electrons. The van der Waals surface area contributed by atoms with Crippen LogP contribution in [0.15, 0.2) is 0 Å². The lowest BCUT2D eigenvalue weighted by atomic mass is 10.3. The summed E-state index contributed by atoms with van der Waals surface area (Å²) in [4.78, 5) is 20.4. The molecule has 2 nitrogen and oxygen atoms in total. The molecule has 0 aliphatic carbocycles. The van der Waals surface area contributed by atoms with Crippen LogP contribution < -0.4 is 9.79 Å². The summed E-state index contributed by atoms with van der Waals surface area (Å²) < 4.78 is 0. The average molecular weight is 134 g/mol. The topological polar surface area (TPSA) is 46.1 Å². The lowest BCUT2D eigenvalue weighted by molar-refractivity contribution is -0.295. The quantitative estimate of drug-likeness (QED) is 0.518. The average Bonchev–Trinajstić information content (AvgIpc) is 1.69. The molecular formula is C5H11O2P-2. The Kier molecular flexibility index (Phi) is 4.44. The van der Waals surface area contributed by atoms with E-state index >= 15 is 0 Å². The van der Waals surface area contributed by atoms with Crippen molar-refractivity contribution in [1.29, 1.82) is 0 Å². The Bertz CT molecular complexity index is 52.4. The van der Waals surface area contributed by atoms with Crippen LogP contribution in [0.25, 0.3) is 0 Å². The Morgan fingerprint density at radius 3 is 1.62 bits per heavy atom. The highest BCUT2D eigenvalue weighted by molar-refractivity contribution is 7.42. The molecule has 0 bridgehead atoms. The molecular weight excluding hydrogens is 123 g/mol. The van der Waals surface area contributed by atoms with Crippen LogP contribution in [0.5, 0.6) is 0 Å². The molecule has 8 heavy (non-hydrogen) atoms. The first-order valence-corrected chi connectivity index (χ1v) is 4.10. The number of hydrogen-bond acceptors (Lipinski definition) is 2. The van der Waals surface area contributed by atoms with E-state index in [0.29, 0.717) is 0 Å². The summed E-state index contributed by atoms with van der Waals surface area (Å²) in [7, 11) is -2.16. The molecule has 0 aromatic carbocycles. The molecule has 0 aliphatic heterocycles. The van der Waals surface area contributed by atoms with Gasteiger partial charge in [0.05, 0.1) is 0 Å². The van der Waals surface area contributed by atoms with E-state index in [0.717, 1.165) is 12.8 Å². The first-order chi connectivity index (χ1) is 3.72. The molecule has 0 aromatic rings. The zero-order valence-electron chi connectivity index (χ0n) is 5.26. The summed E-state index contributed by atoms with van der Waals surface area (Å²) in [6, 6.07) is 0. The second kappa shape index (κ2) is 4.25. The summed E-state index contributed by atoms with van der Waals surface area (Å²) in [5.74, 6) is 0. The van der Waals surface area contributed by atoms with E-state index in [1.54, 1.807) is 0 Å². The molecule has 0 spiro atoms. The third-order valence-corrected chi connectivity index (χ3v) is 2.57. The minimum atomic E-state index is -2.16.